The number of hydrogen-bond acceptors (Lipinski definition) is 3. The molecule has 3 unspecified atom stereocenters. The zero-order valence-electron chi connectivity index (χ0n) is 13.2. The highest BCUT2D eigenvalue weighted by Gasteiger charge is 2.27. The van der Waals surface area contributed by atoms with Gasteiger partial charge in [0.1, 0.15) is 0 Å². The average Bonchev–Trinajstić information content (AvgIpc) is 2.79. The van der Waals surface area contributed by atoms with Crippen LogP contribution >= 0.6 is 0 Å². The van der Waals surface area contributed by atoms with E-state index in [0.29, 0.717) is 29.6 Å². The van der Waals surface area contributed by atoms with Crippen LogP contribution in [0, 0.1) is 25.7 Å². The summed E-state index contributed by atoms with van der Waals surface area (Å²) in [4.78, 5) is 27.5. The maximum Gasteiger partial charge on any atom is 0.347 e. The van der Waals surface area contributed by atoms with Gasteiger partial charge >= 0.3 is 11.7 Å². The summed E-state index contributed by atoms with van der Waals surface area (Å²) < 4.78 is 1.67. The summed E-state index contributed by atoms with van der Waals surface area (Å²) in [5, 5.41) is 9.26. The van der Waals surface area contributed by atoms with Crippen molar-refractivity contribution in [1.82, 2.24) is 9.55 Å². The Hall–Kier alpha value is -1.65. The van der Waals surface area contributed by atoms with Gasteiger partial charge in [-0.15, -0.1) is 0 Å². The summed E-state index contributed by atoms with van der Waals surface area (Å²) >= 11 is 0. The van der Waals surface area contributed by atoms with Gasteiger partial charge in [-0.3, -0.25) is 9.36 Å². The van der Waals surface area contributed by atoms with Crippen molar-refractivity contribution in [3.8, 4) is 0 Å². The third-order valence-electron chi connectivity index (χ3n) is 4.94. The quantitative estimate of drug-likeness (QED) is 0.925. The third-order valence-corrected chi connectivity index (χ3v) is 4.94. The second-order valence-corrected chi connectivity index (χ2v) is 6.32. The van der Waals surface area contributed by atoms with Gasteiger partial charge in [-0.1, -0.05) is 19.8 Å². The van der Waals surface area contributed by atoms with Crippen molar-refractivity contribution in [2.45, 2.75) is 59.4 Å². The minimum absolute atomic E-state index is 0.259. The van der Waals surface area contributed by atoms with E-state index in [4.69, 9.17) is 0 Å². The van der Waals surface area contributed by atoms with Crippen LogP contribution in [0.1, 0.15) is 56.0 Å². The number of aliphatic carboxylic acids is 1. The van der Waals surface area contributed by atoms with Crippen LogP contribution in [0.5, 0.6) is 0 Å². The standard InChI is InChI=1S/C16H24N2O3/c1-9-6-5-7-13(9)8-18-12(4)14(10(2)15(19)20)11(3)17-16(18)21/h9-10,13H,5-8H2,1-4H3,(H,19,20). The molecule has 0 aliphatic heterocycles. The number of rotatable bonds is 4. The van der Waals surface area contributed by atoms with Crippen molar-refractivity contribution in [3.05, 3.63) is 27.4 Å². The fourth-order valence-corrected chi connectivity index (χ4v) is 3.51. The fourth-order valence-electron chi connectivity index (χ4n) is 3.51. The molecule has 0 saturated heterocycles. The Labute approximate surface area is 125 Å². The van der Waals surface area contributed by atoms with Crippen molar-refractivity contribution >= 4 is 5.97 Å². The topological polar surface area (TPSA) is 72.2 Å². The Kier molecular flexibility index (Phi) is 4.49. The molecule has 0 spiro atoms. The SMILES string of the molecule is Cc1nc(=O)n(CC2CCCC2C)c(C)c1C(C)C(=O)O. The molecule has 1 fully saturated rings. The first-order chi connectivity index (χ1) is 9.82. The highest BCUT2D eigenvalue weighted by atomic mass is 16.4. The maximum atomic E-state index is 12.2. The van der Waals surface area contributed by atoms with Crippen molar-refractivity contribution < 1.29 is 9.90 Å². The van der Waals surface area contributed by atoms with Gasteiger partial charge in [0.15, 0.2) is 0 Å². The van der Waals surface area contributed by atoms with E-state index in [-0.39, 0.29) is 5.69 Å². The third kappa shape index (κ3) is 3.01. The van der Waals surface area contributed by atoms with Crippen molar-refractivity contribution in [1.29, 1.82) is 0 Å². The van der Waals surface area contributed by atoms with Gasteiger partial charge in [0.05, 0.1) is 5.92 Å². The molecule has 1 heterocycles. The monoisotopic (exact) mass is 292 g/mol. The van der Waals surface area contributed by atoms with Crippen LogP contribution in [0.15, 0.2) is 4.79 Å². The van der Waals surface area contributed by atoms with Crippen LogP contribution in [0.25, 0.3) is 0 Å². The minimum atomic E-state index is -0.887. The van der Waals surface area contributed by atoms with Gasteiger partial charge in [0.25, 0.3) is 0 Å². The lowest BCUT2D eigenvalue weighted by Crippen LogP contribution is -2.32. The smallest absolute Gasteiger partial charge is 0.347 e. The summed E-state index contributed by atoms with van der Waals surface area (Å²) in [5.74, 6) is -0.440. The molecule has 21 heavy (non-hydrogen) atoms. The number of nitrogens with zero attached hydrogens (tertiary/aromatic N) is 2. The lowest BCUT2D eigenvalue weighted by Gasteiger charge is -2.22. The first kappa shape index (κ1) is 15.7. The number of carboxylic acid groups (broad SMARTS) is 1. The van der Waals surface area contributed by atoms with E-state index in [2.05, 4.69) is 11.9 Å². The lowest BCUT2D eigenvalue weighted by atomic mass is 9.96. The molecule has 5 heteroatoms. The second-order valence-electron chi connectivity index (χ2n) is 6.32. The predicted molar refractivity (Wildman–Crippen MR) is 80.5 cm³/mol. The van der Waals surface area contributed by atoms with E-state index in [1.54, 1.807) is 18.4 Å². The normalized spacial score (nSPS) is 23.2. The molecule has 1 N–H and O–H groups in total. The first-order valence-electron chi connectivity index (χ1n) is 7.63. The Balaban J connectivity index is 2.44. The number of aryl methyl sites for hydroxylation is 1. The highest BCUT2D eigenvalue weighted by Crippen LogP contribution is 2.32. The second kappa shape index (κ2) is 6.00. The van der Waals surface area contributed by atoms with Crippen molar-refractivity contribution in [2.24, 2.45) is 11.8 Å². The van der Waals surface area contributed by atoms with Crippen molar-refractivity contribution in [3.63, 3.8) is 0 Å². The van der Waals surface area contributed by atoms with Crippen LogP contribution < -0.4 is 5.69 Å². The molecule has 1 aromatic rings. The molecule has 3 atom stereocenters. The number of aromatic nitrogens is 2. The molecule has 0 aromatic carbocycles. The van der Waals surface area contributed by atoms with E-state index >= 15 is 0 Å². The zero-order valence-corrected chi connectivity index (χ0v) is 13.2. The van der Waals surface area contributed by atoms with E-state index in [0.717, 1.165) is 12.1 Å². The molecule has 1 saturated carbocycles. The van der Waals surface area contributed by atoms with Crippen molar-refractivity contribution in [2.75, 3.05) is 0 Å². The summed E-state index contributed by atoms with van der Waals surface area (Å²) in [5.41, 5.74) is 1.70. The molecule has 1 aromatic heterocycles. The molecule has 0 radical (unpaired) electrons. The largest absolute Gasteiger partial charge is 0.481 e. The zero-order chi connectivity index (χ0) is 15.7. The highest BCUT2D eigenvalue weighted by molar-refractivity contribution is 5.76. The van der Waals surface area contributed by atoms with Crippen LogP contribution in [0.4, 0.5) is 0 Å². The number of carboxylic acids is 1. The Morgan fingerprint density at radius 2 is 2.10 bits per heavy atom. The Bertz CT molecular complexity index is 606. The maximum absolute atomic E-state index is 12.2. The Morgan fingerprint density at radius 3 is 2.62 bits per heavy atom. The molecule has 5 nitrogen and oxygen atoms in total. The average molecular weight is 292 g/mol. The summed E-state index contributed by atoms with van der Waals surface area (Å²) in [7, 11) is 0. The Morgan fingerprint density at radius 1 is 1.43 bits per heavy atom. The molecule has 1 aliphatic carbocycles. The summed E-state index contributed by atoms with van der Waals surface area (Å²) in [6, 6.07) is 0. The lowest BCUT2D eigenvalue weighted by molar-refractivity contribution is -0.138. The van der Waals surface area contributed by atoms with Gasteiger partial charge in [-0.25, -0.2) is 4.79 Å². The number of hydrogen-bond donors (Lipinski definition) is 1. The van der Waals surface area contributed by atoms with Gasteiger partial charge in [-0.05, 0) is 39.0 Å². The van der Waals surface area contributed by atoms with Crippen LogP contribution in [0.2, 0.25) is 0 Å². The van der Waals surface area contributed by atoms with E-state index in [9.17, 15) is 14.7 Å². The first-order valence-corrected chi connectivity index (χ1v) is 7.63. The summed E-state index contributed by atoms with van der Waals surface area (Å²) in [6.45, 7) is 8.07. The molecule has 2 rings (SSSR count). The fraction of sp³-hybridized carbons (Fsp3) is 0.688. The van der Waals surface area contributed by atoms with Gasteiger partial charge in [-0.2, -0.15) is 4.98 Å². The molecule has 1 aliphatic rings. The van der Waals surface area contributed by atoms with Gasteiger partial charge in [0, 0.05) is 23.5 Å². The molecular weight excluding hydrogens is 268 g/mol. The molecule has 0 bridgehead atoms. The van der Waals surface area contributed by atoms with E-state index in [1.165, 1.54) is 12.8 Å². The van der Waals surface area contributed by atoms with Gasteiger partial charge in [0.2, 0.25) is 0 Å². The molecule has 116 valence electrons. The summed E-state index contributed by atoms with van der Waals surface area (Å²) in [6.07, 6.45) is 3.54. The molecule has 0 amide bonds. The van der Waals surface area contributed by atoms with E-state index < -0.39 is 11.9 Å². The van der Waals surface area contributed by atoms with Crippen LogP contribution in [0.3, 0.4) is 0 Å². The molecular formula is C16H24N2O3. The number of carbonyl (C=O) groups is 1. The van der Waals surface area contributed by atoms with Crippen LogP contribution in [-0.4, -0.2) is 20.6 Å². The van der Waals surface area contributed by atoms with Crippen LogP contribution in [-0.2, 0) is 11.3 Å². The predicted octanol–water partition coefficient (Wildman–Crippen LogP) is 2.48. The minimum Gasteiger partial charge on any atom is -0.481 e. The van der Waals surface area contributed by atoms with Gasteiger partial charge < -0.3 is 5.11 Å². The van der Waals surface area contributed by atoms with E-state index in [1.807, 2.05) is 6.92 Å².